The van der Waals surface area contributed by atoms with Crippen molar-refractivity contribution in [1.82, 2.24) is 0 Å². The minimum Gasteiger partial charge on any atom is -0.330 e. The highest BCUT2D eigenvalue weighted by Crippen LogP contribution is 2.01. The summed E-state index contributed by atoms with van der Waals surface area (Å²) in [6.45, 7) is 0.683. The molecule has 0 heterocycles. The SMILES string of the molecule is N#Cc1ccc(C#CCCCN)cc1. The van der Waals surface area contributed by atoms with E-state index >= 15 is 0 Å². The smallest absolute Gasteiger partial charge is 0.0991 e. The minimum absolute atomic E-state index is 0.664. The summed E-state index contributed by atoms with van der Waals surface area (Å²) in [4.78, 5) is 0. The van der Waals surface area contributed by atoms with Gasteiger partial charge in [0.25, 0.3) is 0 Å². The first-order chi connectivity index (χ1) is 6.86. The summed E-state index contributed by atoms with van der Waals surface area (Å²) in [6, 6.07) is 9.32. The predicted molar refractivity (Wildman–Crippen MR) is 56.3 cm³/mol. The average molecular weight is 184 g/mol. The van der Waals surface area contributed by atoms with Crippen LogP contribution in [0.15, 0.2) is 24.3 Å². The van der Waals surface area contributed by atoms with Crippen molar-refractivity contribution < 1.29 is 0 Å². The van der Waals surface area contributed by atoms with Crippen LogP contribution in [0.1, 0.15) is 24.0 Å². The molecule has 0 saturated heterocycles. The van der Waals surface area contributed by atoms with Gasteiger partial charge in [-0.1, -0.05) is 11.8 Å². The first-order valence-electron chi connectivity index (χ1n) is 4.56. The van der Waals surface area contributed by atoms with Crippen LogP contribution in [0.2, 0.25) is 0 Å². The standard InChI is InChI=1S/C12H12N2/c13-9-3-1-2-4-11-5-7-12(10-14)8-6-11/h5-8H,1,3,9,13H2. The zero-order valence-corrected chi connectivity index (χ0v) is 7.96. The molecule has 2 nitrogen and oxygen atoms in total. The average Bonchev–Trinajstić information content (AvgIpc) is 2.25. The summed E-state index contributed by atoms with van der Waals surface area (Å²) in [5.74, 6) is 6.04. The van der Waals surface area contributed by atoms with Gasteiger partial charge in [0, 0.05) is 12.0 Å². The molecule has 0 fully saturated rings. The summed E-state index contributed by atoms with van der Waals surface area (Å²) < 4.78 is 0. The molecule has 0 aliphatic rings. The van der Waals surface area contributed by atoms with Gasteiger partial charge < -0.3 is 5.73 Å². The first kappa shape index (κ1) is 10.3. The van der Waals surface area contributed by atoms with E-state index in [4.69, 9.17) is 11.0 Å². The van der Waals surface area contributed by atoms with Crippen molar-refractivity contribution in [3.63, 3.8) is 0 Å². The molecule has 0 unspecified atom stereocenters. The van der Waals surface area contributed by atoms with Gasteiger partial charge in [0.2, 0.25) is 0 Å². The molecule has 0 aromatic heterocycles. The van der Waals surface area contributed by atoms with Crippen molar-refractivity contribution >= 4 is 0 Å². The lowest BCUT2D eigenvalue weighted by molar-refractivity contribution is 0.870. The molecule has 1 rings (SSSR count). The van der Waals surface area contributed by atoms with Crippen molar-refractivity contribution in [2.75, 3.05) is 6.54 Å². The van der Waals surface area contributed by atoms with Gasteiger partial charge in [0.1, 0.15) is 0 Å². The molecule has 1 aromatic carbocycles. The third-order valence-corrected chi connectivity index (χ3v) is 1.75. The third-order valence-electron chi connectivity index (χ3n) is 1.75. The summed E-state index contributed by atoms with van der Waals surface area (Å²) >= 11 is 0. The molecule has 0 spiro atoms. The molecule has 0 aliphatic heterocycles. The van der Waals surface area contributed by atoms with Crippen LogP contribution in [-0.2, 0) is 0 Å². The molecule has 14 heavy (non-hydrogen) atoms. The topological polar surface area (TPSA) is 49.8 Å². The highest BCUT2D eigenvalue weighted by molar-refractivity contribution is 5.39. The Labute approximate surface area is 84.4 Å². The number of benzene rings is 1. The Kier molecular flexibility index (Phi) is 4.27. The number of hydrogen-bond acceptors (Lipinski definition) is 2. The summed E-state index contributed by atoms with van der Waals surface area (Å²) in [7, 11) is 0. The second-order valence-corrected chi connectivity index (χ2v) is 2.88. The van der Waals surface area contributed by atoms with E-state index < -0.39 is 0 Å². The Morgan fingerprint density at radius 3 is 2.36 bits per heavy atom. The van der Waals surface area contributed by atoms with Crippen LogP contribution in [0.3, 0.4) is 0 Å². The molecule has 0 aliphatic carbocycles. The zero-order chi connectivity index (χ0) is 10.2. The molecule has 2 heteroatoms. The van der Waals surface area contributed by atoms with Crippen molar-refractivity contribution in [3.8, 4) is 17.9 Å². The van der Waals surface area contributed by atoms with Gasteiger partial charge in [-0.25, -0.2) is 0 Å². The lowest BCUT2D eigenvalue weighted by Gasteiger charge is -1.90. The molecule has 0 amide bonds. The lowest BCUT2D eigenvalue weighted by atomic mass is 10.1. The number of rotatable bonds is 2. The van der Waals surface area contributed by atoms with E-state index in [2.05, 4.69) is 17.9 Å². The number of nitriles is 1. The summed E-state index contributed by atoms with van der Waals surface area (Å²) in [5.41, 5.74) is 6.95. The van der Waals surface area contributed by atoms with E-state index in [1.165, 1.54) is 0 Å². The maximum atomic E-state index is 8.57. The number of hydrogen-bond donors (Lipinski definition) is 1. The molecular formula is C12H12N2. The molecule has 0 radical (unpaired) electrons. The molecule has 0 saturated carbocycles. The Balaban J connectivity index is 2.59. The molecule has 1 aromatic rings. The van der Waals surface area contributed by atoms with Crippen LogP contribution in [0.4, 0.5) is 0 Å². The summed E-state index contributed by atoms with van der Waals surface area (Å²) in [6.07, 6.45) is 1.76. The summed E-state index contributed by atoms with van der Waals surface area (Å²) in [5, 5.41) is 8.57. The van der Waals surface area contributed by atoms with Crippen LogP contribution in [0, 0.1) is 23.2 Å². The van der Waals surface area contributed by atoms with E-state index in [0.717, 1.165) is 18.4 Å². The maximum Gasteiger partial charge on any atom is 0.0991 e. The number of unbranched alkanes of at least 4 members (excludes halogenated alkanes) is 1. The molecule has 70 valence electrons. The molecule has 0 bridgehead atoms. The van der Waals surface area contributed by atoms with Gasteiger partial charge in [-0.05, 0) is 37.2 Å². The fourth-order valence-corrected chi connectivity index (χ4v) is 0.983. The van der Waals surface area contributed by atoms with E-state index in [-0.39, 0.29) is 0 Å². The zero-order valence-electron chi connectivity index (χ0n) is 7.96. The maximum absolute atomic E-state index is 8.57. The van der Waals surface area contributed by atoms with Gasteiger partial charge in [0.05, 0.1) is 11.6 Å². The Bertz CT molecular complexity index is 374. The van der Waals surface area contributed by atoms with Crippen LogP contribution >= 0.6 is 0 Å². The largest absolute Gasteiger partial charge is 0.330 e. The minimum atomic E-state index is 0.664. The van der Waals surface area contributed by atoms with E-state index in [0.29, 0.717) is 12.1 Å². The van der Waals surface area contributed by atoms with E-state index in [9.17, 15) is 0 Å². The predicted octanol–water partition coefficient (Wildman–Crippen LogP) is 1.65. The van der Waals surface area contributed by atoms with Crippen LogP contribution < -0.4 is 5.73 Å². The van der Waals surface area contributed by atoms with Crippen molar-refractivity contribution in [2.24, 2.45) is 5.73 Å². The van der Waals surface area contributed by atoms with Gasteiger partial charge >= 0.3 is 0 Å². The monoisotopic (exact) mass is 184 g/mol. The van der Waals surface area contributed by atoms with E-state index in [1.807, 2.05) is 12.1 Å². The Morgan fingerprint density at radius 2 is 1.79 bits per heavy atom. The van der Waals surface area contributed by atoms with E-state index in [1.54, 1.807) is 12.1 Å². The second-order valence-electron chi connectivity index (χ2n) is 2.88. The van der Waals surface area contributed by atoms with Crippen molar-refractivity contribution in [3.05, 3.63) is 35.4 Å². The lowest BCUT2D eigenvalue weighted by Crippen LogP contribution is -1.96. The fraction of sp³-hybridized carbons (Fsp3) is 0.250. The van der Waals surface area contributed by atoms with Gasteiger partial charge in [-0.3, -0.25) is 0 Å². The fourth-order valence-electron chi connectivity index (χ4n) is 0.983. The van der Waals surface area contributed by atoms with Gasteiger partial charge in [-0.15, -0.1) is 0 Å². The molecule has 2 N–H and O–H groups in total. The second kappa shape index (κ2) is 5.80. The first-order valence-corrected chi connectivity index (χ1v) is 4.56. The normalized spacial score (nSPS) is 8.57. The molecular weight excluding hydrogens is 172 g/mol. The van der Waals surface area contributed by atoms with Gasteiger partial charge in [-0.2, -0.15) is 5.26 Å². The van der Waals surface area contributed by atoms with Crippen LogP contribution in [0.25, 0.3) is 0 Å². The van der Waals surface area contributed by atoms with Gasteiger partial charge in [0.15, 0.2) is 0 Å². The third kappa shape index (κ3) is 3.31. The molecule has 0 atom stereocenters. The highest BCUT2D eigenvalue weighted by Gasteiger charge is 1.88. The Hall–Kier alpha value is -1.77. The Morgan fingerprint density at radius 1 is 1.14 bits per heavy atom. The van der Waals surface area contributed by atoms with Crippen LogP contribution in [0.5, 0.6) is 0 Å². The number of nitrogens with two attached hydrogens (primary N) is 1. The highest BCUT2D eigenvalue weighted by atomic mass is 14.5. The van der Waals surface area contributed by atoms with Crippen molar-refractivity contribution in [1.29, 1.82) is 5.26 Å². The quantitative estimate of drug-likeness (QED) is 0.561. The number of nitrogens with zero attached hydrogens (tertiary/aromatic N) is 1. The van der Waals surface area contributed by atoms with Crippen molar-refractivity contribution in [2.45, 2.75) is 12.8 Å². The van der Waals surface area contributed by atoms with Crippen LogP contribution in [-0.4, -0.2) is 6.54 Å².